The Labute approximate surface area is 129 Å². The van der Waals surface area contributed by atoms with Gasteiger partial charge in [-0.25, -0.2) is 4.79 Å². The first-order chi connectivity index (χ1) is 10.5. The quantitative estimate of drug-likeness (QED) is 0.652. The summed E-state index contributed by atoms with van der Waals surface area (Å²) in [5.74, 6) is -0.269. The number of phenolic OH excluding ortho intramolecular Hbond substituents is 1. The second kappa shape index (κ2) is 6.80. The summed E-state index contributed by atoms with van der Waals surface area (Å²) >= 11 is 0. The first-order valence-electron chi connectivity index (χ1n) is 6.99. The summed E-state index contributed by atoms with van der Waals surface area (Å²) in [6.45, 7) is 4.32. The number of phenols is 1. The number of carboxylic acid groups (broad SMARTS) is 1. The summed E-state index contributed by atoms with van der Waals surface area (Å²) in [6.07, 6.45) is 1.47. The van der Waals surface area contributed by atoms with E-state index in [2.05, 4.69) is 0 Å². The van der Waals surface area contributed by atoms with E-state index in [-0.39, 0.29) is 11.3 Å². The van der Waals surface area contributed by atoms with Crippen LogP contribution in [0.3, 0.4) is 0 Å². The molecule has 2 aromatic rings. The molecule has 0 saturated carbocycles. The Balaban J connectivity index is 2.47. The van der Waals surface area contributed by atoms with Crippen molar-refractivity contribution in [3.8, 4) is 11.5 Å². The molecule has 0 aliphatic carbocycles. The van der Waals surface area contributed by atoms with Gasteiger partial charge in [0.1, 0.15) is 11.5 Å². The molecule has 0 atom stereocenters. The highest BCUT2D eigenvalue weighted by Crippen LogP contribution is 2.27. The third-order valence-electron chi connectivity index (χ3n) is 3.25. The molecule has 0 bridgehead atoms. The fourth-order valence-corrected chi connectivity index (χ4v) is 2.17. The van der Waals surface area contributed by atoms with E-state index in [1.54, 1.807) is 36.4 Å². The van der Waals surface area contributed by atoms with Gasteiger partial charge in [-0.2, -0.15) is 0 Å². The van der Waals surface area contributed by atoms with E-state index in [4.69, 9.17) is 4.74 Å². The smallest absolute Gasteiger partial charge is 0.336 e. The van der Waals surface area contributed by atoms with Gasteiger partial charge in [-0.05, 0) is 49.2 Å². The minimum atomic E-state index is -1.05. The van der Waals surface area contributed by atoms with Crippen LogP contribution in [-0.2, 0) is 4.79 Å². The molecule has 22 heavy (non-hydrogen) atoms. The van der Waals surface area contributed by atoms with Gasteiger partial charge in [0.2, 0.25) is 0 Å². The van der Waals surface area contributed by atoms with Crippen LogP contribution in [0.1, 0.15) is 23.6 Å². The van der Waals surface area contributed by atoms with Crippen LogP contribution >= 0.6 is 0 Å². The molecular weight excluding hydrogens is 280 g/mol. The minimum Gasteiger partial charge on any atom is -0.507 e. The van der Waals surface area contributed by atoms with Crippen molar-refractivity contribution in [2.45, 2.75) is 13.8 Å². The molecule has 0 heterocycles. The maximum absolute atomic E-state index is 11.6. The molecule has 0 aliphatic heterocycles. The Kier molecular flexibility index (Phi) is 4.84. The van der Waals surface area contributed by atoms with Crippen molar-refractivity contribution in [1.29, 1.82) is 0 Å². The van der Waals surface area contributed by atoms with Crippen LogP contribution in [0.2, 0.25) is 0 Å². The van der Waals surface area contributed by atoms with Gasteiger partial charge in [-0.1, -0.05) is 24.3 Å². The van der Waals surface area contributed by atoms with Crippen molar-refractivity contribution in [2.75, 3.05) is 6.61 Å². The highest BCUT2D eigenvalue weighted by Gasteiger charge is 2.13. The number of aromatic hydroxyl groups is 1. The number of aryl methyl sites for hydroxylation is 1. The Morgan fingerprint density at radius 2 is 1.95 bits per heavy atom. The van der Waals surface area contributed by atoms with Gasteiger partial charge in [0, 0.05) is 5.56 Å². The van der Waals surface area contributed by atoms with Gasteiger partial charge >= 0.3 is 5.97 Å². The van der Waals surface area contributed by atoms with Gasteiger partial charge in [0.25, 0.3) is 0 Å². The van der Waals surface area contributed by atoms with Crippen LogP contribution in [0.5, 0.6) is 11.5 Å². The highest BCUT2D eigenvalue weighted by atomic mass is 16.5. The van der Waals surface area contributed by atoms with Crippen molar-refractivity contribution in [2.24, 2.45) is 0 Å². The molecule has 2 N–H and O–H groups in total. The molecule has 0 amide bonds. The molecule has 4 heteroatoms. The summed E-state index contributed by atoms with van der Waals surface area (Å²) in [6, 6.07) is 11.9. The topological polar surface area (TPSA) is 66.8 Å². The molecule has 4 nitrogen and oxygen atoms in total. The first kappa shape index (κ1) is 15.6. The van der Waals surface area contributed by atoms with Crippen LogP contribution in [-0.4, -0.2) is 22.8 Å². The average molecular weight is 298 g/mol. The Morgan fingerprint density at radius 1 is 1.23 bits per heavy atom. The van der Waals surface area contributed by atoms with E-state index < -0.39 is 5.97 Å². The molecule has 0 fully saturated rings. The van der Waals surface area contributed by atoms with E-state index >= 15 is 0 Å². The molecule has 0 saturated heterocycles. The lowest BCUT2D eigenvalue weighted by Crippen LogP contribution is -2.01. The zero-order valence-corrected chi connectivity index (χ0v) is 12.5. The van der Waals surface area contributed by atoms with E-state index in [0.717, 1.165) is 11.3 Å². The number of carbonyl (C=O) groups is 1. The maximum atomic E-state index is 11.6. The van der Waals surface area contributed by atoms with E-state index in [0.29, 0.717) is 17.7 Å². The van der Waals surface area contributed by atoms with Gasteiger partial charge in [-0.3, -0.25) is 0 Å². The van der Waals surface area contributed by atoms with Gasteiger partial charge < -0.3 is 14.9 Å². The number of ether oxygens (including phenoxy) is 1. The van der Waals surface area contributed by atoms with Crippen LogP contribution in [0.15, 0.2) is 42.5 Å². The van der Waals surface area contributed by atoms with Crippen molar-refractivity contribution in [3.63, 3.8) is 0 Å². The highest BCUT2D eigenvalue weighted by molar-refractivity contribution is 6.20. The largest absolute Gasteiger partial charge is 0.507 e. The number of rotatable bonds is 5. The SMILES string of the molecule is CCOc1ccc(/C(=C/c2ccccc2O)C(=O)O)cc1C. The fraction of sp³-hybridized carbons (Fsp3) is 0.167. The summed E-state index contributed by atoms with van der Waals surface area (Å²) in [5, 5.41) is 19.3. The van der Waals surface area contributed by atoms with Gasteiger partial charge in [-0.15, -0.1) is 0 Å². The predicted octanol–water partition coefficient (Wildman–Crippen LogP) is 3.72. The normalized spacial score (nSPS) is 11.3. The number of aliphatic carboxylic acids is 1. The minimum absolute atomic E-state index is 0.0453. The van der Waals surface area contributed by atoms with Gasteiger partial charge in [0.05, 0.1) is 12.2 Å². The number of benzene rings is 2. The lowest BCUT2D eigenvalue weighted by Gasteiger charge is -2.10. The van der Waals surface area contributed by atoms with Crippen molar-refractivity contribution < 1.29 is 19.7 Å². The average Bonchev–Trinajstić information content (AvgIpc) is 2.48. The van der Waals surface area contributed by atoms with Crippen LogP contribution in [0.4, 0.5) is 0 Å². The zero-order chi connectivity index (χ0) is 16.1. The molecule has 114 valence electrons. The molecule has 0 aromatic heterocycles. The summed E-state index contributed by atoms with van der Waals surface area (Å²) in [5.41, 5.74) is 2.01. The Hall–Kier alpha value is -2.75. The first-order valence-corrected chi connectivity index (χ1v) is 6.99. The summed E-state index contributed by atoms with van der Waals surface area (Å²) < 4.78 is 5.46. The number of hydrogen-bond donors (Lipinski definition) is 2. The predicted molar refractivity (Wildman–Crippen MR) is 86.0 cm³/mol. The van der Waals surface area contributed by atoms with Crippen molar-refractivity contribution >= 4 is 17.6 Å². The standard InChI is InChI=1S/C18H18O4/c1-3-22-17-9-8-13(10-12(17)2)15(18(20)21)11-14-6-4-5-7-16(14)19/h4-11,19H,3H2,1-2H3,(H,20,21)/b15-11-. The van der Waals surface area contributed by atoms with E-state index in [9.17, 15) is 15.0 Å². The number of hydrogen-bond acceptors (Lipinski definition) is 3. The van der Waals surface area contributed by atoms with Gasteiger partial charge in [0.15, 0.2) is 0 Å². The second-order valence-corrected chi connectivity index (χ2v) is 4.84. The Morgan fingerprint density at radius 3 is 2.55 bits per heavy atom. The van der Waals surface area contributed by atoms with Crippen LogP contribution < -0.4 is 4.74 Å². The maximum Gasteiger partial charge on any atom is 0.336 e. The fourth-order valence-electron chi connectivity index (χ4n) is 2.17. The molecule has 0 aliphatic rings. The molecule has 0 unspecified atom stereocenters. The number of carboxylic acids is 1. The van der Waals surface area contributed by atoms with Crippen LogP contribution in [0.25, 0.3) is 11.6 Å². The number of para-hydroxylation sites is 1. The van der Waals surface area contributed by atoms with Crippen molar-refractivity contribution in [1.82, 2.24) is 0 Å². The molecule has 2 aromatic carbocycles. The monoisotopic (exact) mass is 298 g/mol. The third kappa shape index (κ3) is 3.47. The molecule has 0 spiro atoms. The molecular formula is C18H18O4. The lowest BCUT2D eigenvalue weighted by atomic mass is 10.0. The molecule has 0 radical (unpaired) electrons. The zero-order valence-electron chi connectivity index (χ0n) is 12.5. The molecule has 2 rings (SSSR count). The second-order valence-electron chi connectivity index (χ2n) is 4.84. The Bertz CT molecular complexity index is 717. The lowest BCUT2D eigenvalue weighted by molar-refractivity contribution is -0.130. The van der Waals surface area contributed by atoms with E-state index in [1.165, 1.54) is 12.1 Å². The van der Waals surface area contributed by atoms with Crippen molar-refractivity contribution in [3.05, 3.63) is 59.2 Å². The third-order valence-corrected chi connectivity index (χ3v) is 3.25. The van der Waals surface area contributed by atoms with Crippen LogP contribution in [0, 0.1) is 6.92 Å². The van der Waals surface area contributed by atoms with E-state index in [1.807, 2.05) is 13.8 Å². The summed E-state index contributed by atoms with van der Waals surface area (Å²) in [7, 11) is 0. The summed E-state index contributed by atoms with van der Waals surface area (Å²) in [4.78, 5) is 11.6.